The van der Waals surface area contributed by atoms with Crippen molar-refractivity contribution in [2.75, 3.05) is 0 Å². The lowest BCUT2D eigenvalue weighted by molar-refractivity contribution is -0.00466. The zero-order valence-electron chi connectivity index (χ0n) is 7.18. The van der Waals surface area contributed by atoms with E-state index in [1.807, 2.05) is 20.8 Å². The van der Waals surface area contributed by atoms with Crippen LogP contribution in [-0.2, 0) is 5.11 Å². The van der Waals surface area contributed by atoms with Crippen molar-refractivity contribution in [3.63, 3.8) is 0 Å². The van der Waals surface area contributed by atoms with E-state index in [9.17, 15) is 5.11 Å². The minimum absolute atomic E-state index is 0.0942. The van der Waals surface area contributed by atoms with Crippen molar-refractivity contribution in [2.24, 2.45) is 5.41 Å². The van der Waals surface area contributed by atoms with Crippen LogP contribution in [0.4, 0.5) is 0 Å². The molecule has 0 amide bonds. The first kappa shape index (κ1) is 9.70. The lowest BCUT2D eigenvalue weighted by Crippen LogP contribution is -2.24. The van der Waals surface area contributed by atoms with E-state index >= 15 is 0 Å². The second-order valence-corrected chi connectivity index (χ2v) is 3.72. The molecule has 0 heterocycles. The van der Waals surface area contributed by atoms with Crippen LogP contribution in [0.15, 0.2) is 12.7 Å². The molecular weight excluding hydrogens is 124 g/mol. The third-order valence-electron chi connectivity index (χ3n) is 1.60. The van der Waals surface area contributed by atoms with Crippen molar-refractivity contribution >= 4 is 0 Å². The SMILES string of the molecule is C=CCCC([O])C(C)(C)C. The lowest BCUT2D eigenvalue weighted by atomic mass is 9.86. The first-order valence-electron chi connectivity index (χ1n) is 3.75. The maximum absolute atomic E-state index is 11.3. The van der Waals surface area contributed by atoms with Crippen molar-refractivity contribution in [1.29, 1.82) is 0 Å². The number of hydrogen-bond acceptors (Lipinski definition) is 0. The van der Waals surface area contributed by atoms with Gasteiger partial charge in [0.25, 0.3) is 0 Å². The molecule has 0 bridgehead atoms. The lowest BCUT2D eigenvalue weighted by Gasteiger charge is -2.22. The summed E-state index contributed by atoms with van der Waals surface area (Å²) in [6.07, 6.45) is 2.90. The van der Waals surface area contributed by atoms with Gasteiger partial charge in [-0.15, -0.1) is 6.58 Å². The summed E-state index contributed by atoms with van der Waals surface area (Å²) in [5.74, 6) is 0. The van der Waals surface area contributed by atoms with Crippen LogP contribution in [0.25, 0.3) is 0 Å². The maximum atomic E-state index is 11.3. The average molecular weight is 141 g/mol. The summed E-state index contributed by atoms with van der Waals surface area (Å²) < 4.78 is 0. The molecule has 0 aromatic heterocycles. The van der Waals surface area contributed by atoms with Gasteiger partial charge in [-0.25, -0.2) is 5.11 Å². The van der Waals surface area contributed by atoms with E-state index in [-0.39, 0.29) is 5.41 Å². The third-order valence-corrected chi connectivity index (χ3v) is 1.60. The molecule has 0 N–H and O–H groups in total. The van der Waals surface area contributed by atoms with Crippen LogP contribution in [0.1, 0.15) is 33.6 Å². The number of rotatable bonds is 3. The van der Waals surface area contributed by atoms with E-state index in [2.05, 4.69) is 6.58 Å². The Kier molecular flexibility index (Phi) is 3.66. The first-order chi connectivity index (χ1) is 4.48. The predicted molar refractivity (Wildman–Crippen MR) is 43.4 cm³/mol. The minimum Gasteiger partial charge on any atom is -0.233 e. The zero-order valence-corrected chi connectivity index (χ0v) is 7.18. The first-order valence-corrected chi connectivity index (χ1v) is 3.75. The maximum Gasteiger partial charge on any atom is 0.0981 e. The van der Waals surface area contributed by atoms with Gasteiger partial charge in [-0.3, -0.25) is 0 Å². The van der Waals surface area contributed by atoms with Gasteiger partial charge >= 0.3 is 0 Å². The highest BCUT2D eigenvalue weighted by Gasteiger charge is 2.22. The molecule has 0 spiro atoms. The van der Waals surface area contributed by atoms with Gasteiger partial charge in [0.2, 0.25) is 0 Å². The van der Waals surface area contributed by atoms with Gasteiger partial charge in [0, 0.05) is 0 Å². The fourth-order valence-corrected chi connectivity index (χ4v) is 0.702. The molecule has 0 rings (SSSR count). The van der Waals surface area contributed by atoms with Gasteiger partial charge in [-0.05, 0) is 18.3 Å². The average Bonchev–Trinajstić information content (AvgIpc) is 1.80. The Balaban J connectivity index is 3.61. The van der Waals surface area contributed by atoms with Gasteiger partial charge in [-0.2, -0.15) is 0 Å². The van der Waals surface area contributed by atoms with Crippen molar-refractivity contribution in [3.8, 4) is 0 Å². The Morgan fingerprint density at radius 2 is 2.00 bits per heavy atom. The monoisotopic (exact) mass is 141 g/mol. The molecule has 0 fully saturated rings. The Hall–Kier alpha value is -0.300. The number of hydrogen-bond donors (Lipinski definition) is 0. The fraction of sp³-hybridized carbons (Fsp3) is 0.778. The Bertz CT molecular complexity index is 99.8. The quantitative estimate of drug-likeness (QED) is 0.539. The van der Waals surface area contributed by atoms with Crippen LogP contribution in [0.5, 0.6) is 0 Å². The highest BCUT2D eigenvalue weighted by molar-refractivity contribution is 4.76. The molecule has 10 heavy (non-hydrogen) atoms. The van der Waals surface area contributed by atoms with E-state index in [4.69, 9.17) is 0 Å². The summed E-state index contributed by atoms with van der Waals surface area (Å²) in [6.45, 7) is 9.52. The van der Waals surface area contributed by atoms with Crippen molar-refractivity contribution in [1.82, 2.24) is 0 Å². The van der Waals surface area contributed by atoms with E-state index in [0.29, 0.717) is 6.42 Å². The van der Waals surface area contributed by atoms with E-state index < -0.39 is 6.10 Å². The predicted octanol–water partition coefficient (Wildman–Crippen LogP) is 2.80. The molecule has 1 unspecified atom stereocenters. The highest BCUT2D eigenvalue weighted by Crippen LogP contribution is 2.22. The van der Waals surface area contributed by atoms with Crippen LogP contribution in [0, 0.1) is 5.41 Å². The van der Waals surface area contributed by atoms with Crippen LogP contribution in [0.3, 0.4) is 0 Å². The minimum atomic E-state index is -0.453. The fourth-order valence-electron chi connectivity index (χ4n) is 0.702. The Morgan fingerprint density at radius 1 is 1.50 bits per heavy atom. The van der Waals surface area contributed by atoms with E-state index in [0.717, 1.165) is 6.42 Å². The summed E-state index contributed by atoms with van der Waals surface area (Å²) >= 11 is 0. The van der Waals surface area contributed by atoms with E-state index in [1.54, 1.807) is 6.08 Å². The molecule has 1 atom stereocenters. The van der Waals surface area contributed by atoms with Gasteiger partial charge < -0.3 is 0 Å². The molecule has 0 saturated heterocycles. The van der Waals surface area contributed by atoms with Crippen LogP contribution < -0.4 is 0 Å². The zero-order chi connectivity index (χ0) is 8.20. The summed E-state index contributed by atoms with van der Waals surface area (Å²) in [7, 11) is 0. The second kappa shape index (κ2) is 3.77. The molecule has 0 aliphatic carbocycles. The van der Waals surface area contributed by atoms with Crippen LogP contribution in [0.2, 0.25) is 0 Å². The molecule has 1 heteroatoms. The molecule has 0 aromatic rings. The van der Waals surface area contributed by atoms with Gasteiger partial charge in [0.15, 0.2) is 0 Å². The molecular formula is C9H17O. The smallest absolute Gasteiger partial charge is 0.0981 e. The summed E-state index contributed by atoms with van der Waals surface area (Å²) in [6, 6.07) is 0. The normalized spacial score (nSPS) is 14.8. The van der Waals surface area contributed by atoms with Gasteiger partial charge in [-0.1, -0.05) is 26.8 Å². The molecule has 0 aliphatic heterocycles. The highest BCUT2D eigenvalue weighted by atomic mass is 16.3. The number of allylic oxidation sites excluding steroid dienone is 1. The van der Waals surface area contributed by atoms with Crippen molar-refractivity contribution in [2.45, 2.75) is 39.7 Å². The van der Waals surface area contributed by atoms with Crippen LogP contribution >= 0.6 is 0 Å². The Morgan fingerprint density at radius 3 is 2.30 bits per heavy atom. The standard InChI is InChI=1S/C9H17O/c1-5-6-7-8(10)9(2,3)4/h5,8H,1,6-7H2,2-4H3. The summed E-state index contributed by atoms with van der Waals surface area (Å²) in [5.41, 5.74) is -0.0942. The van der Waals surface area contributed by atoms with Crippen molar-refractivity contribution in [3.05, 3.63) is 12.7 Å². The largest absolute Gasteiger partial charge is 0.233 e. The Labute approximate surface area is 63.8 Å². The topological polar surface area (TPSA) is 19.9 Å². The molecule has 59 valence electrons. The molecule has 1 nitrogen and oxygen atoms in total. The van der Waals surface area contributed by atoms with E-state index in [1.165, 1.54) is 0 Å². The second-order valence-electron chi connectivity index (χ2n) is 3.72. The molecule has 1 radical (unpaired) electrons. The molecule has 0 aliphatic rings. The van der Waals surface area contributed by atoms with Crippen LogP contribution in [-0.4, -0.2) is 6.10 Å². The molecule has 0 saturated carbocycles. The van der Waals surface area contributed by atoms with Crippen molar-refractivity contribution < 1.29 is 5.11 Å². The van der Waals surface area contributed by atoms with Gasteiger partial charge in [0.05, 0.1) is 6.10 Å². The summed E-state index contributed by atoms with van der Waals surface area (Å²) in [5, 5.41) is 11.3. The summed E-state index contributed by atoms with van der Waals surface area (Å²) in [4.78, 5) is 0. The third kappa shape index (κ3) is 3.67. The molecule has 0 aromatic carbocycles. The van der Waals surface area contributed by atoms with Gasteiger partial charge in [0.1, 0.15) is 0 Å².